The van der Waals surface area contributed by atoms with Crippen molar-refractivity contribution in [2.24, 2.45) is 0 Å². The predicted molar refractivity (Wildman–Crippen MR) is 139 cm³/mol. The summed E-state index contributed by atoms with van der Waals surface area (Å²) in [6.45, 7) is 6.96. The molecule has 0 aliphatic rings. The smallest absolute Gasteiger partial charge is 0.409 e. The van der Waals surface area contributed by atoms with Gasteiger partial charge < -0.3 is 20.7 Å². The van der Waals surface area contributed by atoms with Gasteiger partial charge in [0, 0.05) is 21.8 Å². The van der Waals surface area contributed by atoms with Crippen molar-refractivity contribution in [3.8, 4) is 11.3 Å². The number of alkyl carbamates (subject to hydrolysis) is 1. The largest absolute Gasteiger partial charge is 0.444 e. The maximum Gasteiger partial charge on any atom is 0.409 e. The second-order valence-electron chi connectivity index (χ2n) is 9.14. The fraction of sp³-hybridized carbons (Fsp3) is 0.231. The zero-order valence-electron chi connectivity index (χ0n) is 20.4. The molecule has 1 atom stereocenters. The predicted octanol–water partition coefficient (Wildman–Crippen LogP) is 5.39. The molecule has 0 saturated carbocycles. The van der Waals surface area contributed by atoms with Crippen LogP contribution in [0, 0.1) is 0 Å². The number of carbonyl (C=O) groups is 2. The van der Waals surface area contributed by atoms with Crippen LogP contribution < -0.4 is 16.0 Å². The molecule has 0 aliphatic heterocycles. The number of fused-ring (bicyclic) bond motifs is 1. The topological polar surface area (TPSA) is 110 Å². The number of nitrogens with one attached hydrogen (secondary N) is 3. The van der Waals surface area contributed by atoms with E-state index in [0.29, 0.717) is 27.9 Å². The van der Waals surface area contributed by atoms with Crippen LogP contribution in [0.4, 0.5) is 16.4 Å². The van der Waals surface area contributed by atoms with E-state index < -0.39 is 17.9 Å². The highest BCUT2D eigenvalue weighted by atomic mass is 35.5. The average Bonchev–Trinajstić information content (AvgIpc) is 3.21. The lowest BCUT2D eigenvalue weighted by Crippen LogP contribution is -2.47. The molecule has 9 nitrogen and oxygen atoms in total. The summed E-state index contributed by atoms with van der Waals surface area (Å²) >= 11 is 6.38. The number of benzene rings is 2. The standard InChI is InChI=1S/C26H27ClN6O3/c1-16(29-25(35)36-26(2,3)4)28-23(34)17-12-14-18(15-13-17)30-24-31-22-11-7-10-21(33(22)32-24)19-8-5-6-9-20(19)27/h5-16H,1-4H3,(H,28,34)(H,29,35)(H,30,32). The molecule has 0 fully saturated rings. The Kier molecular flexibility index (Phi) is 7.12. The van der Waals surface area contributed by atoms with Crippen LogP contribution in [-0.2, 0) is 4.74 Å². The molecule has 0 spiro atoms. The van der Waals surface area contributed by atoms with Crippen molar-refractivity contribution in [3.05, 3.63) is 77.3 Å². The summed E-state index contributed by atoms with van der Waals surface area (Å²) in [5.41, 5.74) is 2.86. The molecule has 2 heterocycles. The van der Waals surface area contributed by atoms with Gasteiger partial charge in [-0.25, -0.2) is 9.31 Å². The molecule has 4 rings (SSSR count). The minimum atomic E-state index is -0.622. The van der Waals surface area contributed by atoms with Crippen LogP contribution in [0.15, 0.2) is 66.7 Å². The number of hydrogen-bond acceptors (Lipinski definition) is 6. The SMILES string of the molecule is CC(NC(=O)OC(C)(C)C)NC(=O)c1ccc(Nc2nc3cccc(-c4ccccc4Cl)n3n2)cc1. The first-order valence-corrected chi connectivity index (χ1v) is 11.7. The van der Waals surface area contributed by atoms with E-state index in [1.807, 2.05) is 42.5 Å². The van der Waals surface area contributed by atoms with Crippen molar-refractivity contribution in [2.45, 2.75) is 39.5 Å². The fourth-order valence-corrected chi connectivity index (χ4v) is 3.70. The normalized spacial score (nSPS) is 12.1. The Morgan fingerprint density at radius 3 is 2.39 bits per heavy atom. The Morgan fingerprint density at radius 1 is 0.972 bits per heavy atom. The highest BCUT2D eigenvalue weighted by Gasteiger charge is 2.19. The molecule has 2 aromatic carbocycles. The van der Waals surface area contributed by atoms with Crippen LogP contribution in [0.1, 0.15) is 38.1 Å². The number of nitrogens with zero attached hydrogens (tertiary/aromatic N) is 3. The highest BCUT2D eigenvalue weighted by Crippen LogP contribution is 2.28. The molecule has 1 unspecified atom stereocenters. The molecule has 3 N–H and O–H groups in total. The quantitative estimate of drug-likeness (QED) is 0.302. The first-order chi connectivity index (χ1) is 17.1. The Morgan fingerprint density at radius 2 is 1.69 bits per heavy atom. The average molecular weight is 507 g/mol. The van der Waals surface area contributed by atoms with Gasteiger partial charge in [-0.1, -0.05) is 35.9 Å². The number of pyridine rings is 1. The third kappa shape index (κ3) is 6.11. The van der Waals surface area contributed by atoms with Crippen LogP contribution >= 0.6 is 11.6 Å². The van der Waals surface area contributed by atoms with Gasteiger partial charge in [-0.3, -0.25) is 4.79 Å². The van der Waals surface area contributed by atoms with E-state index in [1.54, 1.807) is 56.5 Å². The molecule has 0 saturated heterocycles. The molecular formula is C26H27ClN6O3. The Balaban J connectivity index is 1.42. The first kappa shape index (κ1) is 25.0. The van der Waals surface area contributed by atoms with E-state index in [-0.39, 0.29) is 5.91 Å². The van der Waals surface area contributed by atoms with Crippen LogP contribution in [-0.4, -0.2) is 38.4 Å². The molecule has 0 radical (unpaired) electrons. The van der Waals surface area contributed by atoms with Crippen molar-refractivity contribution in [3.63, 3.8) is 0 Å². The molecule has 10 heteroatoms. The third-order valence-electron chi connectivity index (χ3n) is 4.99. The zero-order chi connectivity index (χ0) is 25.9. The number of amides is 2. The minimum absolute atomic E-state index is 0.333. The van der Waals surface area contributed by atoms with Crippen molar-refractivity contribution in [1.82, 2.24) is 25.2 Å². The summed E-state index contributed by atoms with van der Waals surface area (Å²) in [6.07, 6.45) is -1.22. The van der Waals surface area contributed by atoms with Crippen LogP contribution in [0.3, 0.4) is 0 Å². The summed E-state index contributed by atoms with van der Waals surface area (Å²) in [6, 6.07) is 20.1. The maximum absolute atomic E-state index is 12.5. The van der Waals surface area contributed by atoms with E-state index in [1.165, 1.54) is 0 Å². The van der Waals surface area contributed by atoms with Crippen LogP contribution in [0.2, 0.25) is 5.02 Å². The van der Waals surface area contributed by atoms with Gasteiger partial charge >= 0.3 is 6.09 Å². The van der Waals surface area contributed by atoms with E-state index >= 15 is 0 Å². The Hall–Kier alpha value is -4.11. The zero-order valence-corrected chi connectivity index (χ0v) is 21.1. The minimum Gasteiger partial charge on any atom is -0.444 e. The van der Waals surface area contributed by atoms with Crippen LogP contribution in [0.25, 0.3) is 16.9 Å². The highest BCUT2D eigenvalue weighted by molar-refractivity contribution is 6.33. The second kappa shape index (κ2) is 10.2. The molecule has 0 aliphatic carbocycles. The Labute approximate surface area is 213 Å². The summed E-state index contributed by atoms with van der Waals surface area (Å²) in [7, 11) is 0. The number of aromatic nitrogens is 3. The summed E-state index contributed by atoms with van der Waals surface area (Å²) in [5, 5.41) is 13.7. The van der Waals surface area contributed by atoms with Gasteiger partial charge in [0.1, 0.15) is 11.8 Å². The summed E-state index contributed by atoms with van der Waals surface area (Å²) < 4.78 is 6.92. The fourth-order valence-electron chi connectivity index (χ4n) is 3.47. The molecule has 2 amide bonds. The van der Waals surface area contributed by atoms with Crippen molar-refractivity contribution in [1.29, 1.82) is 0 Å². The molecule has 36 heavy (non-hydrogen) atoms. The Bertz CT molecular complexity index is 1400. The molecule has 0 bridgehead atoms. The summed E-state index contributed by atoms with van der Waals surface area (Å²) in [4.78, 5) is 29.0. The van der Waals surface area contributed by atoms with Gasteiger partial charge in [0.25, 0.3) is 5.91 Å². The van der Waals surface area contributed by atoms with Crippen LogP contribution in [0.5, 0.6) is 0 Å². The van der Waals surface area contributed by atoms with Gasteiger partial charge in [-0.2, -0.15) is 4.98 Å². The molecular weight excluding hydrogens is 480 g/mol. The molecule has 4 aromatic rings. The number of halogens is 1. The lowest BCUT2D eigenvalue weighted by Gasteiger charge is -2.22. The second-order valence-corrected chi connectivity index (χ2v) is 9.55. The number of carbonyl (C=O) groups excluding carboxylic acids is 2. The van der Waals surface area contributed by atoms with Gasteiger partial charge in [0.2, 0.25) is 5.95 Å². The number of anilines is 2. The number of rotatable bonds is 6. The van der Waals surface area contributed by atoms with Gasteiger partial charge in [-0.15, -0.1) is 5.10 Å². The van der Waals surface area contributed by atoms with Gasteiger partial charge in [0.15, 0.2) is 5.65 Å². The molecule has 186 valence electrons. The maximum atomic E-state index is 12.5. The lowest BCUT2D eigenvalue weighted by atomic mass is 10.1. The summed E-state index contributed by atoms with van der Waals surface area (Å²) in [5.74, 6) is 0.0715. The van der Waals surface area contributed by atoms with Crippen molar-refractivity contribution in [2.75, 3.05) is 5.32 Å². The monoisotopic (exact) mass is 506 g/mol. The van der Waals surface area contributed by atoms with Gasteiger partial charge in [0.05, 0.1) is 5.69 Å². The van der Waals surface area contributed by atoms with Gasteiger partial charge in [-0.05, 0) is 70.2 Å². The van der Waals surface area contributed by atoms with Crippen molar-refractivity contribution >= 4 is 40.9 Å². The van der Waals surface area contributed by atoms with Crippen molar-refractivity contribution < 1.29 is 14.3 Å². The van der Waals surface area contributed by atoms with E-state index in [9.17, 15) is 9.59 Å². The van der Waals surface area contributed by atoms with E-state index in [2.05, 4.69) is 26.0 Å². The first-order valence-electron chi connectivity index (χ1n) is 11.4. The number of hydrogen-bond donors (Lipinski definition) is 3. The lowest BCUT2D eigenvalue weighted by molar-refractivity contribution is 0.0498. The number of ether oxygens (including phenoxy) is 1. The van der Waals surface area contributed by atoms with E-state index in [0.717, 1.165) is 11.3 Å². The third-order valence-corrected chi connectivity index (χ3v) is 5.32. The van der Waals surface area contributed by atoms with E-state index in [4.69, 9.17) is 16.3 Å². The molecule has 2 aromatic heterocycles.